The number of esters is 3. The molecule has 262 valence electrons. The van der Waals surface area contributed by atoms with Crippen molar-refractivity contribution >= 4 is 36.9 Å². The van der Waals surface area contributed by atoms with Crippen LogP contribution in [0, 0.1) is 17.2 Å². The Bertz CT molecular complexity index is 1740. The third kappa shape index (κ3) is 8.38. The number of nitrogen functional groups attached to an aromatic ring is 1. The van der Waals surface area contributed by atoms with Crippen molar-refractivity contribution in [2.24, 2.45) is 5.92 Å². The first kappa shape index (κ1) is 35.8. The number of ether oxygens (including phenoxy) is 5. The van der Waals surface area contributed by atoms with Gasteiger partial charge in [-0.2, -0.15) is 15.4 Å². The fraction of sp³-hybridized carbons (Fsp3) is 0.469. The first-order valence-corrected chi connectivity index (χ1v) is 17.1. The van der Waals surface area contributed by atoms with Gasteiger partial charge in [-0.05, 0) is 56.0 Å². The quantitative estimate of drug-likeness (QED) is 0.149. The highest BCUT2D eigenvalue weighted by Gasteiger charge is 2.62. The number of benzene rings is 1. The molecule has 0 aliphatic carbocycles. The van der Waals surface area contributed by atoms with Gasteiger partial charge in [0, 0.05) is 33.3 Å². The van der Waals surface area contributed by atoms with E-state index in [1.165, 1.54) is 29.8 Å². The minimum absolute atomic E-state index is 0.120. The third-order valence-corrected chi connectivity index (χ3v) is 9.64. The van der Waals surface area contributed by atoms with E-state index < -0.39 is 62.2 Å². The lowest BCUT2D eigenvalue weighted by atomic mass is 9.95. The zero-order valence-electron chi connectivity index (χ0n) is 27.2. The molecule has 3 N–H and O–H groups in total. The molecule has 2 aromatic heterocycles. The number of nitrogens with two attached hydrogens (primary N) is 1. The molecule has 0 bridgehead atoms. The zero-order valence-corrected chi connectivity index (χ0v) is 28.1. The molecule has 0 spiro atoms. The van der Waals surface area contributed by atoms with Gasteiger partial charge in [-0.15, -0.1) is 0 Å². The number of carbonyl (C=O) groups excluding carboxylic acids is 3. The fourth-order valence-electron chi connectivity index (χ4n) is 5.60. The van der Waals surface area contributed by atoms with Crippen molar-refractivity contribution in [1.82, 2.24) is 14.7 Å². The molecule has 0 unspecified atom stereocenters. The van der Waals surface area contributed by atoms with Crippen LogP contribution in [-0.2, 0) is 47.2 Å². The number of nitrogens with one attached hydrogen (secondary N) is 1. The smallest absolute Gasteiger partial charge is 0.459 e. The largest absolute Gasteiger partial charge is 0.464 e. The summed E-state index contributed by atoms with van der Waals surface area (Å²) < 4.78 is 55.7. The van der Waals surface area contributed by atoms with E-state index in [1.807, 2.05) is 6.07 Å². The van der Waals surface area contributed by atoms with Gasteiger partial charge in [0.25, 0.3) is 0 Å². The topological polar surface area (TPSA) is 212 Å². The van der Waals surface area contributed by atoms with Crippen LogP contribution in [0.1, 0.15) is 45.4 Å². The van der Waals surface area contributed by atoms with Crippen LogP contribution in [0.5, 0.6) is 5.75 Å². The molecule has 6 atom stereocenters. The SMILES string of the molecule is CC(=O)O[C@H]1[C@H](c2ccc3c(N)ccnn23)O[C@](C#N)(CO[P@](=O)(N[C@@H](C)C(=O)OCC2CCOCC2)Oc2ccccc2)[C@H]1OC(C)=O. The molecule has 0 radical (unpaired) electrons. The molecule has 3 aromatic rings. The minimum atomic E-state index is -4.53. The van der Waals surface area contributed by atoms with E-state index in [0.29, 0.717) is 30.1 Å². The minimum Gasteiger partial charge on any atom is -0.464 e. The number of fused-ring (bicyclic) bond motifs is 1. The average molecular weight is 700 g/mol. The van der Waals surface area contributed by atoms with Crippen molar-refractivity contribution in [3.63, 3.8) is 0 Å². The molecule has 2 fully saturated rings. The van der Waals surface area contributed by atoms with Crippen molar-refractivity contribution in [2.45, 2.75) is 63.6 Å². The summed E-state index contributed by atoms with van der Waals surface area (Å²) in [4.78, 5) is 37.7. The molecule has 0 saturated carbocycles. The number of aromatic nitrogens is 2. The lowest BCUT2D eigenvalue weighted by Gasteiger charge is -2.30. The maximum Gasteiger partial charge on any atom is 0.459 e. The van der Waals surface area contributed by atoms with Crippen LogP contribution in [0.2, 0.25) is 0 Å². The van der Waals surface area contributed by atoms with Crippen LogP contribution in [0.25, 0.3) is 5.52 Å². The Morgan fingerprint density at radius 1 is 1.12 bits per heavy atom. The predicted molar refractivity (Wildman–Crippen MR) is 171 cm³/mol. The molecule has 1 aromatic carbocycles. The predicted octanol–water partition coefficient (Wildman–Crippen LogP) is 3.27. The number of para-hydroxylation sites is 1. The number of anilines is 1. The van der Waals surface area contributed by atoms with Gasteiger partial charge in [0.1, 0.15) is 30.6 Å². The molecule has 16 nitrogen and oxygen atoms in total. The van der Waals surface area contributed by atoms with Crippen molar-refractivity contribution in [3.8, 4) is 11.8 Å². The first-order valence-electron chi connectivity index (χ1n) is 15.6. The summed E-state index contributed by atoms with van der Waals surface area (Å²) in [6.07, 6.45) is -1.27. The van der Waals surface area contributed by atoms with E-state index in [4.69, 9.17) is 38.5 Å². The molecule has 5 rings (SSSR count). The van der Waals surface area contributed by atoms with Crippen molar-refractivity contribution < 1.29 is 51.7 Å². The Morgan fingerprint density at radius 3 is 2.51 bits per heavy atom. The first-order chi connectivity index (χ1) is 23.4. The van der Waals surface area contributed by atoms with Gasteiger partial charge < -0.3 is 33.9 Å². The second-order valence-electron chi connectivity index (χ2n) is 11.7. The van der Waals surface area contributed by atoms with E-state index >= 15 is 0 Å². The summed E-state index contributed by atoms with van der Waals surface area (Å²) in [7, 11) is -4.53. The number of rotatable bonds is 13. The summed E-state index contributed by atoms with van der Waals surface area (Å²) >= 11 is 0. The number of nitriles is 1. The van der Waals surface area contributed by atoms with Crippen molar-refractivity contribution in [3.05, 3.63) is 60.4 Å². The second kappa shape index (κ2) is 15.4. The number of hydrogen-bond acceptors (Lipinski definition) is 14. The van der Waals surface area contributed by atoms with Gasteiger partial charge >= 0.3 is 25.7 Å². The van der Waals surface area contributed by atoms with Crippen LogP contribution in [0.15, 0.2) is 54.7 Å². The lowest BCUT2D eigenvalue weighted by molar-refractivity contribution is -0.166. The fourth-order valence-corrected chi connectivity index (χ4v) is 7.12. The molecule has 2 saturated heterocycles. The molecule has 17 heteroatoms. The second-order valence-corrected chi connectivity index (χ2v) is 13.4. The Labute approximate surface area is 282 Å². The van der Waals surface area contributed by atoms with E-state index in [-0.39, 0.29) is 18.3 Å². The van der Waals surface area contributed by atoms with Gasteiger partial charge in [-0.3, -0.25) is 18.9 Å². The van der Waals surface area contributed by atoms with Crippen LogP contribution in [-0.4, -0.2) is 77.8 Å². The van der Waals surface area contributed by atoms with Crippen LogP contribution < -0.4 is 15.3 Å². The lowest BCUT2D eigenvalue weighted by Crippen LogP contribution is -2.49. The van der Waals surface area contributed by atoms with Gasteiger partial charge in [0.2, 0.25) is 5.60 Å². The summed E-state index contributed by atoms with van der Waals surface area (Å²) in [5, 5.41) is 17.5. The van der Waals surface area contributed by atoms with Gasteiger partial charge in [-0.25, -0.2) is 9.08 Å². The maximum atomic E-state index is 14.4. The highest BCUT2D eigenvalue weighted by molar-refractivity contribution is 7.52. The summed E-state index contributed by atoms with van der Waals surface area (Å²) in [5.41, 5.74) is 5.10. The highest BCUT2D eigenvalue weighted by Crippen LogP contribution is 2.50. The molecule has 2 aliphatic heterocycles. The number of nitrogens with zero attached hydrogens (tertiary/aromatic N) is 3. The van der Waals surface area contributed by atoms with E-state index in [9.17, 15) is 24.2 Å². The highest BCUT2D eigenvalue weighted by atomic mass is 31.2. The summed E-state index contributed by atoms with van der Waals surface area (Å²) in [5.74, 6) is -2.04. The third-order valence-electron chi connectivity index (χ3n) is 8.01. The Balaban J connectivity index is 1.44. The zero-order chi connectivity index (χ0) is 35.2. The van der Waals surface area contributed by atoms with E-state index in [2.05, 4.69) is 10.2 Å². The number of hydrogen-bond donors (Lipinski definition) is 2. The maximum absolute atomic E-state index is 14.4. The normalized spacial score (nSPS) is 24.3. The van der Waals surface area contributed by atoms with Crippen LogP contribution in [0.3, 0.4) is 0 Å². The molecule has 0 amide bonds. The Hall–Kier alpha value is -4.52. The summed E-state index contributed by atoms with van der Waals surface area (Å²) in [6.45, 7) is 4.14. The Morgan fingerprint density at radius 2 is 1.84 bits per heavy atom. The van der Waals surface area contributed by atoms with Crippen molar-refractivity contribution in [2.75, 3.05) is 32.2 Å². The van der Waals surface area contributed by atoms with E-state index in [0.717, 1.165) is 26.7 Å². The van der Waals surface area contributed by atoms with Crippen LogP contribution in [0.4, 0.5) is 5.69 Å². The monoisotopic (exact) mass is 699 g/mol. The molecular weight excluding hydrogens is 661 g/mol. The molecule has 4 heterocycles. The molecule has 49 heavy (non-hydrogen) atoms. The van der Waals surface area contributed by atoms with E-state index in [1.54, 1.807) is 36.4 Å². The van der Waals surface area contributed by atoms with Crippen molar-refractivity contribution in [1.29, 1.82) is 5.26 Å². The van der Waals surface area contributed by atoms with Gasteiger partial charge in [0.05, 0.1) is 23.5 Å². The van der Waals surface area contributed by atoms with Gasteiger partial charge in [-0.1, -0.05) is 18.2 Å². The average Bonchev–Trinajstić information content (AvgIpc) is 3.63. The number of carbonyl (C=O) groups is 3. The standard InChI is InChI=1S/C32H38N5O11P/c1-20(31(40)43-17-23-12-15-42-16-13-23)36-49(41,48-24-7-5-4-6-8-24)44-19-32(18-33)30(46-22(3)39)29(45-21(2)38)28(47-32)27-10-9-26-25(34)11-14-35-37(26)27/h4-11,14,20,23,28-30H,12-13,15-17,19,34H2,1-3H3,(H,36,41)/t20-,28-,29-,30-,32+,49+/m0/s1. The molecular formula is C32H38N5O11P. The van der Waals surface area contributed by atoms with Crippen LogP contribution >= 0.6 is 7.75 Å². The Kier molecular flexibility index (Phi) is 11.2. The van der Waals surface area contributed by atoms with Gasteiger partial charge in [0.15, 0.2) is 12.2 Å². The molecule has 2 aliphatic rings. The summed E-state index contributed by atoms with van der Waals surface area (Å²) in [6, 6.07) is 13.7.